The molecule has 2 aromatic rings. The van der Waals surface area contributed by atoms with Gasteiger partial charge in [0.1, 0.15) is 5.82 Å². The molecule has 196 valence electrons. The minimum Gasteiger partial charge on any atom is -0.348 e. The van der Waals surface area contributed by atoms with Crippen molar-refractivity contribution in [2.75, 3.05) is 14.1 Å². The predicted octanol–water partition coefficient (Wildman–Crippen LogP) is 6.33. The Morgan fingerprint density at radius 1 is 1.17 bits per heavy atom. The fourth-order valence-corrected chi connectivity index (χ4v) is 5.52. The van der Waals surface area contributed by atoms with Gasteiger partial charge in [0.05, 0.1) is 5.69 Å². The second-order valence-corrected chi connectivity index (χ2v) is 10.7. The van der Waals surface area contributed by atoms with Gasteiger partial charge in [0, 0.05) is 28.7 Å². The van der Waals surface area contributed by atoms with Crippen molar-refractivity contribution in [2.45, 2.75) is 78.8 Å². The number of nitrogens with zero attached hydrogens (tertiary/aromatic N) is 1. The number of H-pyrrole nitrogens is 1. The van der Waals surface area contributed by atoms with Gasteiger partial charge in [0.15, 0.2) is 0 Å². The molecule has 1 saturated carbocycles. The number of carbonyl (C=O) groups excluding carboxylic acids is 1. The second-order valence-electron chi connectivity index (χ2n) is 10.3. The standard InChI is InChI=1S/C29H39ClFN3O2/c1-7-8-21(20-9-11-24(12-10-20)34(5)6)13-22-14-23(30)15-25(17(22)2)28(35)32-16-26-18(3)27(31)19(4)33-29(26)36/h13-15,20,24H,7-12,16H2,1-6H3,(H,32,35)(H,33,36)/b21-13-. The first-order valence-electron chi connectivity index (χ1n) is 12.9. The van der Waals surface area contributed by atoms with Crippen LogP contribution in [0.4, 0.5) is 4.39 Å². The molecule has 0 radical (unpaired) electrons. The van der Waals surface area contributed by atoms with Crippen LogP contribution in [0.3, 0.4) is 0 Å². The molecule has 1 aliphatic carbocycles. The summed E-state index contributed by atoms with van der Waals surface area (Å²) in [6, 6.07) is 4.21. The van der Waals surface area contributed by atoms with Crippen LogP contribution in [0.15, 0.2) is 22.5 Å². The van der Waals surface area contributed by atoms with E-state index in [0.29, 0.717) is 22.5 Å². The van der Waals surface area contributed by atoms with Crippen LogP contribution in [0.5, 0.6) is 0 Å². The summed E-state index contributed by atoms with van der Waals surface area (Å²) in [7, 11) is 4.31. The summed E-state index contributed by atoms with van der Waals surface area (Å²) in [5.74, 6) is -0.260. The third-order valence-corrected chi connectivity index (χ3v) is 7.82. The maximum absolute atomic E-state index is 14.3. The molecule has 0 aliphatic heterocycles. The molecule has 5 nitrogen and oxygen atoms in total. The molecular weight excluding hydrogens is 477 g/mol. The number of carbonyl (C=O) groups is 1. The normalized spacial score (nSPS) is 18.5. The molecule has 7 heteroatoms. The Kier molecular flexibility index (Phi) is 9.53. The molecule has 0 bridgehead atoms. The van der Waals surface area contributed by atoms with Crippen molar-refractivity contribution >= 4 is 23.6 Å². The van der Waals surface area contributed by atoms with E-state index in [9.17, 15) is 14.0 Å². The lowest BCUT2D eigenvalue weighted by Gasteiger charge is -2.34. The number of halogens is 2. The van der Waals surface area contributed by atoms with Gasteiger partial charge in [-0.15, -0.1) is 0 Å². The van der Waals surface area contributed by atoms with Crippen LogP contribution >= 0.6 is 11.6 Å². The Bertz CT molecular complexity index is 1190. The Hall–Kier alpha value is -2.44. The number of allylic oxidation sites excluding steroid dienone is 1. The lowest BCUT2D eigenvalue weighted by Crippen LogP contribution is -2.32. The van der Waals surface area contributed by atoms with Gasteiger partial charge in [-0.25, -0.2) is 4.39 Å². The first-order valence-corrected chi connectivity index (χ1v) is 13.2. The lowest BCUT2D eigenvalue weighted by atomic mass is 9.79. The largest absolute Gasteiger partial charge is 0.348 e. The van der Waals surface area contributed by atoms with Gasteiger partial charge < -0.3 is 15.2 Å². The fourth-order valence-electron chi connectivity index (χ4n) is 5.29. The number of benzene rings is 1. The lowest BCUT2D eigenvalue weighted by molar-refractivity contribution is 0.0950. The van der Waals surface area contributed by atoms with Crippen molar-refractivity contribution in [1.82, 2.24) is 15.2 Å². The van der Waals surface area contributed by atoms with Crippen molar-refractivity contribution in [3.05, 3.63) is 72.4 Å². The first-order chi connectivity index (χ1) is 17.0. The molecule has 3 rings (SSSR count). The van der Waals surface area contributed by atoms with E-state index in [4.69, 9.17) is 11.6 Å². The summed E-state index contributed by atoms with van der Waals surface area (Å²) in [4.78, 5) is 30.3. The Labute approximate surface area is 219 Å². The maximum Gasteiger partial charge on any atom is 0.253 e. The van der Waals surface area contributed by atoms with Gasteiger partial charge in [-0.2, -0.15) is 0 Å². The molecule has 0 spiro atoms. The highest BCUT2D eigenvalue weighted by Gasteiger charge is 2.25. The minimum atomic E-state index is -0.465. The van der Waals surface area contributed by atoms with Gasteiger partial charge in [-0.1, -0.05) is 36.6 Å². The molecule has 1 aromatic carbocycles. The summed E-state index contributed by atoms with van der Waals surface area (Å²) >= 11 is 6.45. The average molecular weight is 516 g/mol. The number of hydrogen-bond donors (Lipinski definition) is 2. The van der Waals surface area contributed by atoms with E-state index in [1.807, 2.05) is 13.0 Å². The Balaban J connectivity index is 1.85. The van der Waals surface area contributed by atoms with E-state index in [-0.39, 0.29) is 29.3 Å². The SMILES string of the molecule is CCC/C(=C/c1cc(Cl)cc(C(=O)NCc2c(C)c(F)c(C)[nH]c2=O)c1C)C1CCC(N(C)C)CC1. The zero-order valence-corrected chi connectivity index (χ0v) is 23.1. The van der Waals surface area contributed by atoms with Crippen molar-refractivity contribution < 1.29 is 9.18 Å². The van der Waals surface area contributed by atoms with E-state index in [1.54, 1.807) is 13.0 Å². The zero-order valence-electron chi connectivity index (χ0n) is 22.4. The summed E-state index contributed by atoms with van der Waals surface area (Å²) in [5.41, 5.74) is 3.92. The average Bonchev–Trinajstić information content (AvgIpc) is 2.84. The topological polar surface area (TPSA) is 65.2 Å². The van der Waals surface area contributed by atoms with Gasteiger partial charge >= 0.3 is 0 Å². The van der Waals surface area contributed by atoms with Crippen molar-refractivity contribution in [3.8, 4) is 0 Å². The highest BCUT2D eigenvalue weighted by atomic mass is 35.5. The predicted molar refractivity (Wildman–Crippen MR) is 146 cm³/mol. The van der Waals surface area contributed by atoms with Gasteiger partial charge in [-0.3, -0.25) is 9.59 Å². The van der Waals surface area contributed by atoms with Gasteiger partial charge in [0.2, 0.25) is 0 Å². The van der Waals surface area contributed by atoms with E-state index >= 15 is 0 Å². The van der Waals surface area contributed by atoms with E-state index in [1.165, 1.54) is 38.2 Å². The number of aromatic nitrogens is 1. The zero-order chi connectivity index (χ0) is 26.6. The molecule has 36 heavy (non-hydrogen) atoms. The monoisotopic (exact) mass is 515 g/mol. The summed E-state index contributed by atoms with van der Waals surface area (Å²) in [6.07, 6.45) is 9.04. The van der Waals surface area contributed by atoms with Crippen LogP contribution in [0.1, 0.15) is 83.8 Å². The molecule has 1 amide bonds. The summed E-state index contributed by atoms with van der Waals surface area (Å²) in [5, 5.41) is 3.27. The molecule has 1 heterocycles. The van der Waals surface area contributed by atoms with Crippen LogP contribution in [0.2, 0.25) is 5.02 Å². The van der Waals surface area contributed by atoms with Crippen molar-refractivity contribution in [2.24, 2.45) is 5.92 Å². The number of aromatic amines is 1. The Morgan fingerprint density at radius 2 is 1.83 bits per heavy atom. The second kappa shape index (κ2) is 12.2. The number of rotatable bonds is 8. The molecule has 0 atom stereocenters. The van der Waals surface area contributed by atoms with Crippen LogP contribution in [-0.4, -0.2) is 35.9 Å². The molecule has 1 fully saturated rings. The molecule has 1 aromatic heterocycles. The first kappa shape index (κ1) is 28.1. The minimum absolute atomic E-state index is 0.0650. The third-order valence-electron chi connectivity index (χ3n) is 7.60. The van der Waals surface area contributed by atoms with Crippen LogP contribution in [-0.2, 0) is 6.54 Å². The van der Waals surface area contributed by atoms with Gasteiger partial charge in [-0.05, 0) is 102 Å². The highest BCUT2D eigenvalue weighted by Crippen LogP contribution is 2.35. The number of amides is 1. The summed E-state index contributed by atoms with van der Waals surface area (Å²) < 4.78 is 14.3. The van der Waals surface area contributed by atoms with Gasteiger partial charge in [0.25, 0.3) is 11.5 Å². The molecule has 0 unspecified atom stereocenters. The smallest absolute Gasteiger partial charge is 0.253 e. The van der Waals surface area contributed by atoms with E-state index in [2.05, 4.69) is 42.3 Å². The van der Waals surface area contributed by atoms with Crippen LogP contribution < -0.4 is 10.9 Å². The summed E-state index contributed by atoms with van der Waals surface area (Å²) in [6.45, 7) is 7.11. The number of aryl methyl sites for hydroxylation is 1. The van der Waals surface area contributed by atoms with Crippen LogP contribution in [0, 0.1) is 32.5 Å². The number of pyridine rings is 1. The van der Waals surface area contributed by atoms with E-state index in [0.717, 1.165) is 24.0 Å². The fraction of sp³-hybridized carbons (Fsp3) is 0.517. The molecular formula is C29H39ClFN3O2. The van der Waals surface area contributed by atoms with Crippen LogP contribution in [0.25, 0.3) is 6.08 Å². The van der Waals surface area contributed by atoms with Crippen molar-refractivity contribution in [3.63, 3.8) is 0 Å². The number of nitrogens with one attached hydrogen (secondary N) is 2. The molecule has 2 N–H and O–H groups in total. The third kappa shape index (κ3) is 6.46. The quantitative estimate of drug-likeness (QED) is 0.432. The highest BCUT2D eigenvalue weighted by molar-refractivity contribution is 6.31. The van der Waals surface area contributed by atoms with Crippen molar-refractivity contribution in [1.29, 1.82) is 0 Å². The molecule has 1 aliphatic rings. The number of hydrogen-bond acceptors (Lipinski definition) is 3. The Morgan fingerprint density at radius 3 is 2.44 bits per heavy atom. The maximum atomic E-state index is 14.3. The molecule has 0 saturated heterocycles. The van der Waals surface area contributed by atoms with E-state index < -0.39 is 11.4 Å².